The van der Waals surface area contributed by atoms with Crippen molar-refractivity contribution in [1.29, 1.82) is 0 Å². The topological polar surface area (TPSA) is 44.3 Å². The first-order valence-corrected chi connectivity index (χ1v) is 17.7. The van der Waals surface area contributed by atoms with Gasteiger partial charge in [0.2, 0.25) is 0 Å². The van der Waals surface area contributed by atoms with Crippen LogP contribution in [-0.2, 0) is 12.5 Å². The van der Waals surface area contributed by atoms with Gasteiger partial charge in [-0.1, -0.05) is 43.5 Å². The van der Waals surface area contributed by atoms with Crippen LogP contribution in [0.4, 0.5) is 24.8 Å². The van der Waals surface area contributed by atoms with Gasteiger partial charge in [-0.05, 0) is 93.1 Å². The Kier molecular flexibility index (Phi) is 9.29. The number of allylic oxidation sites excluding steroid dienone is 1. The van der Waals surface area contributed by atoms with Crippen LogP contribution in [-0.4, -0.2) is 58.4 Å². The number of hydrogen-bond acceptors (Lipinski definition) is 5. The van der Waals surface area contributed by atoms with Crippen LogP contribution >= 0.6 is 10.5 Å². The fourth-order valence-electron chi connectivity index (χ4n) is 7.19. The second-order valence-corrected chi connectivity index (χ2v) is 14.7. The SMILES string of the molecule is C=C1C(C2CCS(=C)CC2)=Cc2c3ncnc2N1CCCCCCN1CCC(CC1)CC(F)(F)c1cccc(c1F)CN3. The minimum atomic E-state index is -3.22. The van der Waals surface area contributed by atoms with Gasteiger partial charge in [0.05, 0.1) is 11.1 Å². The lowest BCUT2D eigenvalue weighted by Gasteiger charge is -2.37. The summed E-state index contributed by atoms with van der Waals surface area (Å²) in [6.45, 7) is 8.10. The molecule has 9 heteroatoms. The molecule has 7 rings (SSSR count). The third-order valence-electron chi connectivity index (χ3n) is 9.80. The van der Waals surface area contributed by atoms with E-state index in [-0.39, 0.29) is 34.9 Å². The van der Waals surface area contributed by atoms with Crippen molar-refractivity contribution in [2.75, 3.05) is 47.9 Å². The Hall–Kier alpha value is -2.65. The Labute approximate surface area is 256 Å². The number of nitrogens with one attached hydrogen (secondary N) is 1. The summed E-state index contributed by atoms with van der Waals surface area (Å²) in [7, 11) is 0.223. The molecule has 1 aromatic heterocycles. The van der Waals surface area contributed by atoms with Crippen LogP contribution in [0.1, 0.15) is 74.5 Å². The summed E-state index contributed by atoms with van der Waals surface area (Å²) in [5.74, 6) is 4.18. The van der Waals surface area contributed by atoms with Gasteiger partial charge < -0.3 is 15.1 Å². The van der Waals surface area contributed by atoms with Gasteiger partial charge in [-0.15, -0.1) is 0 Å². The van der Waals surface area contributed by atoms with Gasteiger partial charge in [0.15, 0.2) is 0 Å². The van der Waals surface area contributed by atoms with Gasteiger partial charge in [-0.3, -0.25) is 0 Å². The molecule has 0 atom stereocenters. The zero-order valence-corrected chi connectivity index (χ0v) is 25.9. The first-order chi connectivity index (χ1) is 20.8. The average Bonchev–Trinajstić information content (AvgIpc) is 2.99. The standard InChI is InChI=1S/C34H44F3N5S/c1-24-28(26-12-18-43(2)19-13-26)20-29-32-38-22-27-8-7-9-30(31(27)35)34(36,37)21-25-10-16-41(17-11-25)14-5-3-4-6-15-42(24)33(29)40-23-39-32/h7-9,20,23,25-26H,1-6,10-19,21-22H2,(H,38,39,40). The number of rotatable bonds is 1. The van der Waals surface area contributed by atoms with E-state index in [0.717, 1.165) is 106 Å². The minimum absolute atomic E-state index is 0.0510. The molecule has 1 N–H and O–H groups in total. The van der Waals surface area contributed by atoms with Crippen molar-refractivity contribution in [2.24, 2.45) is 11.8 Å². The first kappa shape index (κ1) is 30.4. The fourth-order valence-corrected chi connectivity index (χ4v) is 8.63. The highest BCUT2D eigenvalue weighted by Gasteiger charge is 2.39. The molecule has 2 fully saturated rings. The Morgan fingerprint density at radius 1 is 0.953 bits per heavy atom. The molecule has 0 radical (unpaired) electrons. The van der Waals surface area contributed by atoms with Crippen molar-refractivity contribution in [3.05, 3.63) is 64.9 Å². The predicted molar refractivity (Wildman–Crippen MR) is 174 cm³/mol. The maximum absolute atomic E-state index is 15.7. The fraction of sp³-hybridized carbons (Fsp3) is 0.559. The number of nitrogens with zero attached hydrogens (tertiary/aromatic N) is 4. The second kappa shape index (κ2) is 13.1. The summed E-state index contributed by atoms with van der Waals surface area (Å²) in [6.07, 6.45) is 11.4. The highest BCUT2D eigenvalue weighted by molar-refractivity contribution is 8.14. The zero-order chi connectivity index (χ0) is 30.0. The van der Waals surface area contributed by atoms with Crippen LogP contribution in [0.5, 0.6) is 0 Å². The van der Waals surface area contributed by atoms with Crippen molar-refractivity contribution < 1.29 is 13.2 Å². The lowest BCUT2D eigenvalue weighted by Crippen LogP contribution is -2.36. The summed E-state index contributed by atoms with van der Waals surface area (Å²) in [4.78, 5) is 13.9. The summed E-state index contributed by atoms with van der Waals surface area (Å²) < 4.78 is 46.7. The van der Waals surface area contributed by atoms with E-state index in [2.05, 4.69) is 43.6 Å². The number of halogens is 3. The molecule has 232 valence electrons. The van der Waals surface area contributed by atoms with Crippen molar-refractivity contribution in [2.45, 2.75) is 70.3 Å². The van der Waals surface area contributed by atoms with Crippen molar-refractivity contribution in [3.8, 4) is 0 Å². The number of aromatic nitrogens is 2. The van der Waals surface area contributed by atoms with E-state index in [4.69, 9.17) is 0 Å². The van der Waals surface area contributed by atoms with Gasteiger partial charge in [0.25, 0.3) is 5.92 Å². The molecule has 2 saturated heterocycles. The van der Waals surface area contributed by atoms with Crippen LogP contribution in [0.2, 0.25) is 0 Å². The van der Waals surface area contributed by atoms with Gasteiger partial charge in [-0.25, -0.2) is 23.1 Å². The molecular formula is C34H44F3N5S. The summed E-state index contributed by atoms with van der Waals surface area (Å²) in [6, 6.07) is 4.37. The largest absolute Gasteiger partial charge is 0.365 e. The number of benzene rings is 1. The monoisotopic (exact) mass is 611 g/mol. The first-order valence-electron chi connectivity index (χ1n) is 15.9. The van der Waals surface area contributed by atoms with Gasteiger partial charge in [-0.2, -0.15) is 10.5 Å². The molecule has 8 bridgehead atoms. The van der Waals surface area contributed by atoms with E-state index in [1.54, 1.807) is 12.1 Å². The molecule has 2 aromatic rings. The molecule has 1 aromatic carbocycles. The summed E-state index contributed by atoms with van der Waals surface area (Å²) >= 11 is 0. The third-order valence-corrected chi connectivity index (χ3v) is 11.4. The number of anilines is 2. The normalized spacial score (nSPS) is 28.4. The Balaban J connectivity index is 1.33. The van der Waals surface area contributed by atoms with Crippen molar-refractivity contribution >= 4 is 34.1 Å². The zero-order valence-electron chi connectivity index (χ0n) is 25.1. The predicted octanol–water partition coefficient (Wildman–Crippen LogP) is 7.82. The smallest absolute Gasteiger partial charge is 0.276 e. The van der Waals surface area contributed by atoms with E-state index in [1.807, 2.05) is 0 Å². The Bertz CT molecular complexity index is 1370. The minimum Gasteiger partial charge on any atom is -0.365 e. The molecule has 0 unspecified atom stereocenters. The van der Waals surface area contributed by atoms with E-state index in [0.29, 0.717) is 11.7 Å². The van der Waals surface area contributed by atoms with Crippen LogP contribution in [0, 0.1) is 17.7 Å². The van der Waals surface area contributed by atoms with Crippen LogP contribution in [0.15, 0.2) is 42.4 Å². The highest BCUT2D eigenvalue weighted by Crippen LogP contribution is 2.44. The van der Waals surface area contributed by atoms with E-state index in [9.17, 15) is 0 Å². The number of alkyl halides is 2. The Morgan fingerprint density at radius 2 is 1.70 bits per heavy atom. The van der Waals surface area contributed by atoms with Gasteiger partial charge in [0.1, 0.15) is 23.8 Å². The van der Waals surface area contributed by atoms with Crippen molar-refractivity contribution in [1.82, 2.24) is 14.9 Å². The summed E-state index contributed by atoms with van der Waals surface area (Å²) in [5.41, 5.74) is 2.80. The number of hydrogen-bond donors (Lipinski definition) is 1. The highest BCUT2D eigenvalue weighted by atomic mass is 32.2. The van der Waals surface area contributed by atoms with E-state index in [1.165, 1.54) is 18.0 Å². The molecule has 0 aliphatic carbocycles. The van der Waals surface area contributed by atoms with E-state index < -0.39 is 17.3 Å². The lowest BCUT2D eigenvalue weighted by molar-refractivity contribution is -0.0401. The van der Waals surface area contributed by atoms with Crippen molar-refractivity contribution in [3.63, 3.8) is 0 Å². The third kappa shape index (κ3) is 6.72. The second-order valence-electron chi connectivity index (χ2n) is 12.7. The molecule has 0 amide bonds. The van der Waals surface area contributed by atoms with Gasteiger partial charge in [0, 0.05) is 30.8 Å². The number of piperidine rings is 1. The molecule has 5 aliphatic rings. The van der Waals surface area contributed by atoms with E-state index >= 15 is 13.2 Å². The van der Waals surface area contributed by atoms with Crippen LogP contribution in [0.25, 0.3) is 6.08 Å². The lowest BCUT2D eigenvalue weighted by atomic mass is 9.87. The average molecular weight is 612 g/mol. The molecular weight excluding hydrogens is 567 g/mol. The molecule has 5 aliphatic heterocycles. The molecule has 6 heterocycles. The quantitative estimate of drug-likeness (QED) is 0.333. The molecule has 0 saturated carbocycles. The molecule has 0 spiro atoms. The Morgan fingerprint density at radius 3 is 2.47 bits per heavy atom. The van der Waals surface area contributed by atoms with Crippen LogP contribution in [0.3, 0.4) is 0 Å². The summed E-state index contributed by atoms with van der Waals surface area (Å²) in [5, 5.41) is 3.29. The van der Waals surface area contributed by atoms with Crippen LogP contribution < -0.4 is 10.2 Å². The molecule has 5 nitrogen and oxygen atoms in total. The maximum Gasteiger partial charge on any atom is 0.276 e. The molecule has 43 heavy (non-hydrogen) atoms. The number of fused-ring (bicyclic) bond motifs is 9. The van der Waals surface area contributed by atoms with Gasteiger partial charge >= 0.3 is 0 Å². The maximum atomic E-state index is 15.7.